The Balaban J connectivity index is 2.83. The number of hydrogen-bond acceptors (Lipinski definition) is 3. The molecular formula is C11H16N2O3S. The average Bonchev–Trinajstić information content (AvgIpc) is 2.17. The van der Waals surface area contributed by atoms with Gasteiger partial charge in [-0.05, 0) is 24.1 Å². The summed E-state index contributed by atoms with van der Waals surface area (Å²) in [5.41, 5.74) is 2.30. The van der Waals surface area contributed by atoms with Gasteiger partial charge in [0.15, 0.2) is 0 Å². The van der Waals surface area contributed by atoms with E-state index < -0.39 is 10.0 Å². The first kappa shape index (κ1) is 13.5. The van der Waals surface area contributed by atoms with Gasteiger partial charge in [0.25, 0.3) is 0 Å². The van der Waals surface area contributed by atoms with Crippen LogP contribution < -0.4 is 10.0 Å². The van der Waals surface area contributed by atoms with E-state index in [4.69, 9.17) is 0 Å². The van der Waals surface area contributed by atoms with Gasteiger partial charge in [0, 0.05) is 13.5 Å². The molecule has 0 spiro atoms. The van der Waals surface area contributed by atoms with E-state index in [1.165, 1.54) is 6.92 Å². The molecule has 1 amide bonds. The first-order valence-corrected chi connectivity index (χ1v) is 6.99. The number of nitrogens with one attached hydrogen (secondary N) is 2. The van der Waals surface area contributed by atoms with Crippen molar-refractivity contribution in [2.24, 2.45) is 0 Å². The SMILES string of the molecule is CC(=O)NCc1ccc(NS(C)(=O)=O)c(C)c1. The van der Waals surface area contributed by atoms with Crippen molar-refractivity contribution in [2.75, 3.05) is 11.0 Å². The van der Waals surface area contributed by atoms with Gasteiger partial charge < -0.3 is 5.32 Å². The van der Waals surface area contributed by atoms with E-state index in [9.17, 15) is 13.2 Å². The molecule has 0 aliphatic rings. The number of hydrogen-bond donors (Lipinski definition) is 2. The number of rotatable bonds is 4. The second-order valence-electron chi connectivity index (χ2n) is 3.93. The first-order valence-electron chi connectivity index (χ1n) is 5.09. The van der Waals surface area contributed by atoms with E-state index in [1.54, 1.807) is 12.1 Å². The molecule has 1 aromatic rings. The van der Waals surface area contributed by atoms with Crippen molar-refractivity contribution < 1.29 is 13.2 Å². The third kappa shape index (κ3) is 4.86. The van der Waals surface area contributed by atoms with Gasteiger partial charge in [-0.3, -0.25) is 9.52 Å². The van der Waals surface area contributed by atoms with E-state index in [2.05, 4.69) is 10.0 Å². The lowest BCUT2D eigenvalue weighted by Gasteiger charge is -2.09. The largest absolute Gasteiger partial charge is 0.352 e. The lowest BCUT2D eigenvalue weighted by atomic mass is 10.1. The maximum Gasteiger partial charge on any atom is 0.229 e. The zero-order chi connectivity index (χ0) is 13.1. The Labute approximate surface area is 101 Å². The number of amides is 1. The van der Waals surface area contributed by atoms with Crippen molar-refractivity contribution in [3.8, 4) is 0 Å². The molecule has 0 saturated carbocycles. The summed E-state index contributed by atoms with van der Waals surface area (Å²) in [4.78, 5) is 10.8. The van der Waals surface area contributed by atoms with Crippen LogP contribution in [0.5, 0.6) is 0 Å². The molecule has 0 heterocycles. The minimum absolute atomic E-state index is 0.0963. The van der Waals surface area contributed by atoms with E-state index in [-0.39, 0.29) is 5.91 Å². The van der Waals surface area contributed by atoms with Crippen LogP contribution in [0.25, 0.3) is 0 Å². The molecule has 0 saturated heterocycles. The predicted molar refractivity (Wildman–Crippen MR) is 67.2 cm³/mol. The lowest BCUT2D eigenvalue weighted by Crippen LogP contribution is -2.19. The molecule has 0 aliphatic heterocycles. The second kappa shape index (κ2) is 5.18. The fourth-order valence-corrected chi connectivity index (χ4v) is 2.01. The lowest BCUT2D eigenvalue weighted by molar-refractivity contribution is -0.119. The van der Waals surface area contributed by atoms with Gasteiger partial charge in [-0.1, -0.05) is 12.1 Å². The topological polar surface area (TPSA) is 75.3 Å². The highest BCUT2D eigenvalue weighted by atomic mass is 32.2. The molecule has 2 N–H and O–H groups in total. The highest BCUT2D eigenvalue weighted by Gasteiger charge is 2.05. The second-order valence-corrected chi connectivity index (χ2v) is 5.68. The number of benzene rings is 1. The molecule has 0 radical (unpaired) electrons. The number of aryl methyl sites for hydroxylation is 1. The van der Waals surface area contributed by atoms with Crippen LogP contribution in [0.15, 0.2) is 18.2 Å². The van der Waals surface area contributed by atoms with Crippen molar-refractivity contribution in [1.29, 1.82) is 0 Å². The summed E-state index contributed by atoms with van der Waals surface area (Å²) in [7, 11) is -3.26. The Hall–Kier alpha value is -1.56. The van der Waals surface area contributed by atoms with E-state index in [0.717, 1.165) is 17.4 Å². The number of anilines is 1. The highest BCUT2D eigenvalue weighted by Crippen LogP contribution is 2.17. The summed E-state index contributed by atoms with van der Waals surface area (Å²) in [5, 5.41) is 2.68. The van der Waals surface area contributed by atoms with Crippen LogP contribution in [0.1, 0.15) is 18.1 Å². The van der Waals surface area contributed by atoms with Crippen molar-refractivity contribution in [3.63, 3.8) is 0 Å². The smallest absolute Gasteiger partial charge is 0.229 e. The predicted octanol–water partition coefficient (Wildman–Crippen LogP) is 1.00. The fraction of sp³-hybridized carbons (Fsp3) is 0.364. The zero-order valence-electron chi connectivity index (χ0n) is 10.1. The van der Waals surface area contributed by atoms with Gasteiger partial charge in [-0.25, -0.2) is 8.42 Å². The zero-order valence-corrected chi connectivity index (χ0v) is 10.9. The van der Waals surface area contributed by atoms with Crippen molar-refractivity contribution in [2.45, 2.75) is 20.4 Å². The van der Waals surface area contributed by atoms with E-state index in [0.29, 0.717) is 12.2 Å². The van der Waals surface area contributed by atoms with Crippen LogP contribution in [-0.2, 0) is 21.4 Å². The molecular weight excluding hydrogens is 240 g/mol. The number of carbonyl (C=O) groups is 1. The van der Waals surface area contributed by atoms with Gasteiger partial charge in [0.2, 0.25) is 15.9 Å². The van der Waals surface area contributed by atoms with Crippen molar-refractivity contribution >= 4 is 21.6 Å². The molecule has 0 aromatic heterocycles. The summed E-state index contributed by atoms with van der Waals surface area (Å²) in [6, 6.07) is 5.30. The Kier molecular flexibility index (Phi) is 4.11. The van der Waals surface area contributed by atoms with Gasteiger partial charge in [0.1, 0.15) is 0 Å². The fourth-order valence-electron chi connectivity index (χ4n) is 1.38. The highest BCUT2D eigenvalue weighted by molar-refractivity contribution is 7.92. The Morgan fingerprint density at radius 3 is 2.47 bits per heavy atom. The minimum Gasteiger partial charge on any atom is -0.352 e. The molecule has 94 valence electrons. The Morgan fingerprint density at radius 1 is 1.35 bits per heavy atom. The van der Waals surface area contributed by atoms with Crippen LogP contribution >= 0.6 is 0 Å². The van der Waals surface area contributed by atoms with Crippen molar-refractivity contribution in [1.82, 2.24) is 5.32 Å². The molecule has 0 bridgehead atoms. The van der Waals surface area contributed by atoms with E-state index in [1.807, 2.05) is 13.0 Å². The van der Waals surface area contributed by atoms with Crippen LogP contribution in [0.2, 0.25) is 0 Å². The first-order chi connectivity index (χ1) is 7.78. The van der Waals surface area contributed by atoms with E-state index >= 15 is 0 Å². The normalized spacial score (nSPS) is 11.0. The third-order valence-corrected chi connectivity index (χ3v) is 2.72. The summed E-state index contributed by atoms with van der Waals surface area (Å²) >= 11 is 0. The summed E-state index contributed by atoms with van der Waals surface area (Å²) in [6.07, 6.45) is 1.11. The Bertz CT molecular complexity index is 524. The minimum atomic E-state index is -3.26. The van der Waals surface area contributed by atoms with Gasteiger partial charge in [-0.15, -0.1) is 0 Å². The maximum atomic E-state index is 11.1. The standard InChI is InChI=1S/C11H16N2O3S/c1-8-6-10(7-12-9(2)14)4-5-11(8)13-17(3,15)16/h4-6,13H,7H2,1-3H3,(H,12,14). The quantitative estimate of drug-likeness (QED) is 0.844. The van der Waals surface area contributed by atoms with Crippen LogP contribution in [-0.4, -0.2) is 20.6 Å². The molecule has 1 rings (SSSR count). The molecule has 6 heteroatoms. The van der Waals surface area contributed by atoms with Crippen LogP contribution in [0, 0.1) is 6.92 Å². The summed E-state index contributed by atoms with van der Waals surface area (Å²) in [5.74, 6) is -0.0963. The third-order valence-electron chi connectivity index (χ3n) is 2.13. The maximum absolute atomic E-state index is 11.1. The summed E-state index contributed by atoms with van der Waals surface area (Å²) < 4.78 is 24.6. The van der Waals surface area contributed by atoms with Gasteiger partial charge in [0.05, 0.1) is 11.9 Å². The molecule has 0 aliphatic carbocycles. The number of carbonyl (C=O) groups excluding carboxylic acids is 1. The van der Waals surface area contributed by atoms with Crippen LogP contribution in [0.4, 0.5) is 5.69 Å². The molecule has 17 heavy (non-hydrogen) atoms. The van der Waals surface area contributed by atoms with Gasteiger partial charge in [-0.2, -0.15) is 0 Å². The van der Waals surface area contributed by atoms with Gasteiger partial charge >= 0.3 is 0 Å². The summed E-state index contributed by atoms with van der Waals surface area (Å²) in [6.45, 7) is 3.70. The molecule has 0 atom stereocenters. The molecule has 0 unspecified atom stereocenters. The monoisotopic (exact) mass is 256 g/mol. The molecule has 5 nitrogen and oxygen atoms in total. The molecule has 0 fully saturated rings. The van der Waals surface area contributed by atoms with Crippen molar-refractivity contribution in [3.05, 3.63) is 29.3 Å². The van der Waals surface area contributed by atoms with Crippen LogP contribution in [0.3, 0.4) is 0 Å². The Morgan fingerprint density at radius 2 is 2.00 bits per heavy atom. The average molecular weight is 256 g/mol. The molecule has 1 aromatic carbocycles. The number of sulfonamides is 1.